The molecule has 0 fully saturated rings. The number of allylic oxidation sites excluding steroid dienone is 1. The molecule has 1 atom stereocenters. The van der Waals surface area contributed by atoms with Gasteiger partial charge in [-0.05, 0) is 69.7 Å². The fraction of sp³-hybridized carbons (Fsp3) is 0.481. The Morgan fingerprint density at radius 2 is 1.52 bits per heavy atom. The molecule has 0 radical (unpaired) electrons. The molecule has 0 saturated carbocycles. The molecule has 0 heterocycles. The third-order valence-corrected chi connectivity index (χ3v) is 5.79. The minimum Gasteiger partial charge on any atom is -0.315 e. The Morgan fingerprint density at radius 3 is 2.10 bits per heavy atom. The van der Waals surface area contributed by atoms with Crippen molar-refractivity contribution in [3.05, 3.63) is 83.4 Å². The lowest BCUT2D eigenvalue weighted by molar-refractivity contribution is 0.491. The Bertz CT molecular complexity index is 653. The first-order valence-corrected chi connectivity index (χ1v) is 11.0. The van der Waals surface area contributed by atoms with Crippen LogP contribution in [0.4, 0.5) is 0 Å². The van der Waals surface area contributed by atoms with Gasteiger partial charge in [-0.15, -0.1) is 0 Å². The van der Waals surface area contributed by atoms with Crippen LogP contribution >= 0.6 is 0 Å². The Morgan fingerprint density at radius 1 is 0.862 bits per heavy atom. The highest BCUT2D eigenvalue weighted by molar-refractivity contribution is 5.32. The highest BCUT2D eigenvalue weighted by Crippen LogP contribution is 2.27. The Kier molecular flexibility index (Phi) is 10.8. The first-order valence-electron chi connectivity index (χ1n) is 11.0. The van der Waals surface area contributed by atoms with Crippen LogP contribution in [0.5, 0.6) is 0 Å². The summed E-state index contributed by atoms with van der Waals surface area (Å²) in [6.07, 6.45) is 10.2. The predicted octanol–water partition coefficient (Wildman–Crippen LogP) is 6.30. The van der Waals surface area contributed by atoms with Crippen molar-refractivity contribution in [3.63, 3.8) is 0 Å². The predicted molar refractivity (Wildman–Crippen MR) is 128 cm³/mol. The molecule has 0 amide bonds. The van der Waals surface area contributed by atoms with Crippen molar-refractivity contribution in [3.8, 4) is 0 Å². The summed E-state index contributed by atoms with van der Waals surface area (Å²) in [6, 6.07) is 22.3. The zero-order chi connectivity index (χ0) is 19.4. The lowest BCUT2D eigenvalue weighted by Gasteiger charge is -2.20. The van der Waals surface area contributed by atoms with Gasteiger partial charge < -0.3 is 10.6 Å². The van der Waals surface area contributed by atoms with Gasteiger partial charge in [-0.25, -0.2) is 0 Å². The second kappa shape index (κ2) is 13.3. The van der Waals surface area contributed by atoms with Gasteiger partial charge in [-0.1, -0.05) is 79.7 Å². The first-order chi connectivity index (χ1) is 13.8. The number of hydrogen-bond donors (Lipinski definition) is 2. The van der Waals surface area contributed by atoms with Crippen LogP contribution in [-0.2, 0) is 0 Å². The summed E-state index contributed by atoms with van der Waals surface area (Å²) in [5.74, 6) is 0.455. The minimum atomic E-state index is 0. The van der Waals surface area contributed by atoms with E-state index >= 15 is 0 Å². The molecule has 1 aliphatic rings. The number of hydrogen-bond acceptors (Lipinski definition) is 2. The number of benzene rings is 2. The van der Waals surface area contributed by atoms with Crippen molar-refractivity contribution in [1.82, 2.24) is 10.6 Å². The van der Waals surface area contributed by atoms with Crippen LogP contribution in [-0.4, -0.2) is 25.7 Å². The van der Waals surface area contributed by atoms with Gasteiger partial charge in [0.15, 0.2) is 0 Å². The van der Waals surface area contributed by atoms with Crippen molar-refractivity contribution >= 4 is 0 Å². The van der Waals surface area contributed by atoms with E-state index in [2.05, 4.69) is 84.3 Å². The maximum atomic E-state index is 3.68. The molecular weight excluding hydrogens is 352 g/mol. The lowest BCUT2D eigenvalue weighted by Crippen LogP contribution is -2.37. The van der Waals surface area contributed by atoms with Crippen LogP contribution in [0.1, 0.15) is 69.9 Å². The third kappa shape index (κ3) is 8.16. The van der Waals surface area contributed by atoms with Crippen molar-refractivity contribution in [2.75, 3.05) is 19.6 Å². The van der Waals surface area contributed by atoms with Crippen LogP contribution in [0.25, 0.3) is 0 Å². The maximum absolute atomic E-state index is 3.68. The van der Waals surface area contributed by atoms with E-state index < -0.39 is 0 Å². The molecule has 2 nitrogen and oxygen atoms in total. The summed E-state index contributed by atoms with van der Waals surface area (Å²) in [5, 5.41) is 7.34. The topological polar surface area (TPSA) is 24.1 Å². The van der Waals surface area contributed by atoms with Gasteiger partial charge in [0, 0.05) is 18.5 Å². The molecule has 3 rings (SSSR count). The number of nitrogens with one attached hydrogen (secondary N) is 2. The molecule has 29 heavy (non-hydrogen) atoms. The molecule has 158 valence electrons. The van der Waals surface area contributed by atoms with E-state index in [9.17, 15) is 0 Å². The van der Waals surface area contributed by atoms with E-state index in [1.165, 1.54) is 43.2 Å². The Labute approximate surface area is 178 Å². The second-order valence-corrected chi connectivity index (χ2v) is 8.08. The summed E-state index contributed by atoms with van der Waals surface area (Å²) in [7, 11) is 0. The largest absolute Gasteiger partial charge is 0.315 e. The maximum Gasteiger partial charge on any atom is 0.0164 e. The Hall–Kier alpha value is -1.90. The fourth-order valence-corrected chi connectivity index (χ4v) is 4.14. The molecule has 0 aliphatic heterocycles. The van der Waals surface area contributed by atoms with Crippen molar-refractivity contribution < 1.29 is 0 Å². The smallest absolute Gasteiger partial charge is 0.0164 e. The zero-order valence-corrected chi connectivity index (χ0v) is 17.4. The molecule has 2 aromatic carbocycles. The van der Waals surface area contributed by atoms with Crippen molar-refractivity contribution in [1.29, 1.82) is 0 Å². The molecule has 0 saturated heterocycles. The normalized spacial score (nSPS) is 14.9. The average molecular weight is 393 g/mol. The van der Waals surface area contributed by atoms with Gasteiger partial charge in [0.2, 0.25) is 0 Å². The molecule has 2 heteroatoms. The standard InChI is InChI=1S/C26H36N2.CH4/c1-22(28-20-17-23-11-5-2-6-12-23)21-27-19-18-26(24-13-7-3-8-14-24)25-15-9-4-10-16-25;/h3-4,7-11,13-16,22,26-28H,2,5-6,12,17-21H2,1H3;1H4. The van der Waals surface area contributed by atoms with Gasteiger partial charge in [-0.2, -0.15) is 0 Å². The van der Waals surface area contributed by atoms with Gasteiger partial charge in [0.1, 0.15) is 0 Å². The quantitative estimate of drug-likeness (QED) is 0.346. The van der Waals surface area contributed by atoms with E-state index in [-0.39, 0.29) is 7.43 Å². The van der Waals surface area contributed by atoms with Gasteiger partial charge >= 0.3 is 0 Å². The summed E-state index contributed by atoms with van der Waals surface area (Å²) < 4.78 is 0. The molecule has 2 N–H and O–H groups in total. The summed E-state index contributed by atoms with van der Waals surface area (Å²) in [4.78, 5) is 0. The summed E-state index contributed by atoms with van der Waals surface area (Å²) in [6.45, 7) is 5.44. The van der Waals surface area contributed by atoms with E-state index in [0.29, 0.717) is 12.0 Å². The lowest BCUT2D eigenvalue weighted by atomic mass is 9.88. The first kappa shape index (κ1) is 23.4. The summed E-state index contributed by atoms with van der Waals surface area (Å²) >= 11 is 0. The molecule has 1 unspecified atom stereocenters. The van der Waals surface area contributed by atoms with Crippen LogP contribution in [0, 0.1) is 0 Å². The molecule has 0 bridgehead atoms. The molecular formula is C27H40N2. The Balaban J connectivity index is 0.00000300. The molecule has 0 aromatic heterocycles. The molecule has 0 spiro atoms. The average Bonchev–Trinajstić information content (AvgIpc) is 2.76. The van der Waals surface area contributed by atoms with Crippen LogP contribution in [0.15, 0.2) is 72.3 Å². The third-order valence-electron chi connectivity index (χ3n) is 5.79. The highest BCUT2D eigenvalue weighted by atomic mass is 15.0. The SMILES string of the molecule is C.CC(CNCCC(c1ccccc1)c1ccccc1)NCCC1=CCCCC1. The fourth-order valence-electron chi connectivity index (χ4n) is 4.14. The zero-order valence-electron chi connectivity index (χ0n) is 17.4. The van der Waals surface area contributed by atoms with E-state index in [1.54, 1.807) is 5.57 Å². The second-order valence-electron chi connectivity index (χ2n) is 8.08. The molecule has 1 aliphatic carbocycles. The van der Waals surface area contributed by atoms with E-state index in [1.807, 2.05) is 0 Å². The van der Waals surface area contributed by atoms with E-state index in [4.69, 9.17) is 0 Å². The highest BCUT2D eigenvalue weighted by Gasteiger charge is 2.13. The van der Waals surface area contributed by atoms with Crippen LogP contribution in [0.2, 0.25) is 0 Å². The monoisotopic (exact) mass is 392 g/mol. The van der Waals surface area contributed by atoms with Gasteiger partial charge in [-0.3, -0.25) is 0 Å². The minimum absolute atomic E-state index is 0. The van der Waals surface area contributed by atoms with Crippen LogP contribution in [0.3, 0.4) is 0 Å². The molecule has 2 aromatic rings. The van der Waals surface area contributed by atoms with Crippen molar-refractivity contribution in [2.45, 2.75) is 64.8 Å². The van der Waals surface area contributed by atoms with E-state index in [0.717, 1.165) is 26.1 Å². The summed E-state index contributed by atoms with van der Waals surface area (Å²) in [5.41, 5.74) is 4.47. The van der Waals surface area contributed by atoms with Crippen LogP contribution < -0.4 is 10.6 Å². The van der Waals surface area contributed by atoms with Crippen molar-refractivity contribution in [2.24, 2.45) is 0 Å². The van der Waals surface area contributed by atoms with Gasteiger partial charge in [0.05, 0.1) is 0 Å². The number of rotatable bonds is 11. The van der Waals surface area contributed by atoms with Gasteiger partial charge in [0.25, 0.3) is 0 Å².